The predicted octanol–water partition coefficient (Wildman–Crippen LogP) is 5.01. The summed E-state index contributed by atoms with van der Waals surface area (Å²) < 4.78 is 29.6. The van der Waals surface area contributed by atoms with Crippen LogP contribution >= 0.6 is 11.6 Å². The minimum Gasteiger partial charge on any atom is -0.349 e. The maximum absolute atomic E-state index is 13.8. The van der Waals surface area contributed by atoms with E-state index in [2.05, 4.69) is 43.5 Å². The lowest BCUT2D eigenvalue weighted by Gasteiger charge is -2.48. The number of aromatic nitrogens is 4. The van der Waals surface area contributed by atoms with Crippen LogP contribution < -0.4 is 4.90 Å². The fourth-order valence-corrected chi connectivity index (χ4v) is 5.41. The Hall–Kier alpha value is -3.14. The molecule has 200 valence electrons. The van der Waals surface area contributed by atoms with Crippen molar-refractivity contribution < 1.29 is 8.78 Å². The smallest absolute Gasteiger partial charge is 0.226 e. The molecule has 3 heterocycles. The van der Waals surface area contributed by atoms with Crippen LogP contribution in [-0.4, -0.2) is 75.1 Å². The normalized spacial score (nSPS) is 18.7. The van der Waals surface area contributed by atoms with E-state index < -0.39 is 0 Å². The van der Waals surface area contributed by atoms with Crippen LogP contribution in [0.1, 0.15) is 31.0 Å². The highest BCUT2D eigenvalue weighted by atomic mass is 35.5. The topological polar surface area (TPSA) is 53.3 Å². The Morgan fingerprint density at radius 1 is 0.921 bits per heavy atom. The van der Waals surface area contributed by atoms with Crippen LogP contribution in [-0.2, 0) is 6.54 Å². The van der Waals surface area contributed by atoms with E-state index in [-0.39, 0.29) is 35.0 Å². The number of nitrogens with zero attached hydrogens (tertiary/aromatic N) is 7. The molecule has 0 amide bonds. The zero-order chi connectivity index (χ0) is 27.0. The van der Waals surface area contributed by atoms with E-state index in [9.17, 15) is 8.78 Å². The van der Waals surface area contributed by atoms with E-state index in [4.69, 9.17) is 11.6 Å². The number of likely N-dealkylation sites (N-methyl/N-ethyl adjacent to an activating group) is 1. The molecule has 0 saturated carbocycles. The molecule has 10 heteroatoms. The number of benzene rings is 2. The lowest BCUT2D eigenvalue weighted by Crippen LogP contribution is -2.57. The van der Waals surface area contributed by atoms with Gasteiger partial charge in [0.15, 0.2) is 17.0 Å². The molecule has 2 aromatic heterocycles. The Kier molecular flexibility index (Phi) is 7.61. The van der Waals surface area contributed by atoms with E-state index in [1.54, 1.807) is 30.6 Å². The van der Waals surface area contributed by atoms with Crippen LogP contribution in [0.5, 0.6) is 0 Å². The fourth-order valence-electron chi connectivity index (χ4n) is 5.25. The first-order chi connectivity index (χ1) is 18.2. The molecule has 0 unspecified atom stereocenters. The Bertz CT molecular complexity index is 1350. The summed E-state index contributed by atoms with van der Waals surface area (Å²) in [6.07, 6.45) is 1.80. The number of hydrogen-bond donors (Lipinski definition) is 0. The molecular formula is C28H32ClF2N7. The first-order valence-electron chi connectivity index (χ1n) is 12.8. The number of rotatable bonds is 7. The van der Waals surface area contributed by atoms with Crippen molar-refractivity contribution in [1.29, 1.82) is 0 Å². The molecule has 1 aliphatic heterocycles. The molecule has 0 bridgehead atoms. The predicted molar refractivity (Wildman–Crippen MR) is 147 cm³/mol. The number of hydrogen-bond acceptors (Lipinski definition) is 6. The summed E-state index contributed by atoms with van der Waals surface area (Å²) in [5.74, 6) is 0.155. The minimum atomic E-state index is -0.285. The summed E-state index contributed by atoms with van der Waals surface area (Å²) in [6, 6.07) is 13.1. The van der Waals surface area contributed by atoms with Crippen molar-refractivity contribution in [3.63, 3.8) is 0 Å². The molecule has 0 N–H and O–H groups in total. The van der Waals surface area contributed by atoms with E-state index in [1.165, 1.54) is 24.3 Å². The Labute approximate surface area is 226 Å². The summed E-state index contributed by atoms with van der Waals surface area (Å²) in [7, 11) is 4.06. The van der Waals surface area contributed by atoms with Crippen molar-refractivity contribution in [2.75, 3.05) is 38.6 Å². The molecular weight excluding hydrogens is 508 g/mol. The third-order valence-corrected chi connectivity index (χ3v) is 7.38. The molecule has 1 aliphatic rings. The lowest BCUT2D eigenvalue weighted by molar-refractivity contribution is 0.129. The van der Waals surface area contributed by atoms with Crippen molar-refractivity contribution in [2.45, 2.75) is 38.5 Å². The number of piperazine rings is 1. The van der Waals surface area contributed by atoms with Gasteiger partial charge in [-0.3, -0.25) is 4.90 Å². The molecule has 2 atom stereocenters. The highest BCUT2D eigenvalue weighted by Gasteiger charge is 2.36. The van der Waals surface area contributed by atoms with Gasteiger partial charge in [0, 0.05) is 38.3 Å². The molecule has 38 heavy (non-hydrogen) atoms. The number of fused-ring (bicyclic) bond motifs is 1. The van der Waals surface area contributed by atoms with Crippen LogP contribution in [0.25, 0.3) is 11.2 Å². The molecule has 0 aliphatic carbocycles. The van der Waals surface area contributed by atoms with Gasteiger partial charge in [0.2, 0.25) is 5.28 Å². The molecule has 0 spiro atoms. The van der Waals surface area contributed by atoms with E-state index >= 15 is 0 Å². The highest BCUT2D eigenvalue weighted by molar-refractivity contribution is 6.28. The Morgan fingerprint density at radius 3 is 2.11 bits per heavy atom. The fraction of sp³-hybridized carbons (Fsp3) is 0.393. The highest BCUT2D eigenvalue weighted by Crippen LogP contribution is 2.36. The van der Waals surface area contributed by atoms with Gasteiger partial charge in [0.25, 0.3) is 0 Å². The second kappa shape index (κ2) is 10.9. The zero-order valence-electron chi connectivity index (χ0n) is 22.0. The van der Waals surface area contributed by atoms with Gasteiger partial charge < -0.3 is 14.4 Å². The van der Waals surface area contributed by atoms with Gasteiger partial charge in [-0.15, -0.1) is 0 Å². The van der Waals surface area contributed by atoms with Gasteiger partial charge in [0.05, 0.1) is 12.4 Å². The SMILES string of the molecule is C[C@@H]1CN(c2nc(Cl)nc3c2ncn3CCN(C)C)[C@@H](C)CN1C(c1ccc(F)cc1)c1ccc(F)cc1. The van der Waals surface area contributed by atoms with Crippen molar-refractivity contribution in [2.24, 2.45) is 0 Å². The summed E-state index contributed by atoms with van der Waals surface area (Å²) in [6.45, 7) is 7.28. The van der Waals surface area contributed by atoms with Gasteiger partial charge in [-0.1, -0.05) is 24.3 Å². The quantitative estimate of drug-likeness (QED) is 0.308. The second-order valence-electron chi connectivity index (χ2n) is 10.3. The summed E-state index contributed by atoms with van der Waals surface area (Å²) in [5, 5.41) is 0.192. The molecule has 5 rings (SSSR count). The van der Waals surface area contributed by atoms with Gasteiger partial charge in [0.1, 0.15) is 11.6 Å². The van der Waals surface area contributed by atoms with E-state index in [0.717, 1.165) is 41.2 Å². The van der Waals surface area contributed by atoms with Crippen LogP contribution in [0, 0.1) is 11.6 Å². The van der Waals surface area contributed by atoms with E-state index in [1.807, 2.05) is 18.7 Å². The average molecular weight is 540 g/mol. The Morgan fingerprint density at radius 2 is 1.53 bits per heavy atom. The second-order valence-corrected chi connectivity index (χ2v) is 10.6. The minimum absolute atomic E-state index is 0.0655. The number of halogens is 3. The molecule has 2 aromatic carbocycles. The lowest BCUT2D eigenvalue weighted by atomic mass is 9.93. The largest absolute Gasteiger partial charge is 0.349 e. The van der Waals surface area contributed by atoms with Gasteiger partial charge in [-0.2, -0.15) is 9.97 Å². The third kappa shape index (κ3) is 5.36. The van der Waals surface area contributed by atoms with E-state index in [0.29, 0.717) is 13.1 Å². The van der Waals surface area contributed by atoms with Gasteiger partial charge in [-0.25, -0.2) is 13.8 Å². The molecule has 1 saturated heterocycles. The summed E-state index contributed by atoms with van der Waals surface area (Å²) in [5.41, 5.74) is 3.36. The Balaban J connectivity index is 1.47. The molecule has 4 aromatic rings. The first kappa shape index (κ1) is 26.5. The zero-order valence-corrected chi connectivity index (χ0v) is 22.8. The van der Waals surface area contributed by atoms with Crippen molar-refractivity contribution in [3.8, 4) is 0 Å². The van der Waals surface area contributed by atoms with Crippen LogP contribution in [0.3, 0.4) is 0 Å². The summed E-state index contributed by atoms with van der Waals surface area (Å²) in [4.78, 5) is 20.5. The van der Waals surface area contributed by atoms with Crippen molar-refractivity contribution in [3.05, 3.63) is 82.9 Å². The van der Waals surface area contributed by atoms with Crippen LogP contribution in [0.2, 0.25) is 5.28 Å². The first-order valence-corrected chi connectivity index (χ1v) is 13.2. The molecule has 7 nitrogen and oxygen atoms in total. The van der Waals surface area contributed by atoms with Crippen LogP contribution in [0.4, 0.5) is 14.6 Å². The third-order valence-electron chi connectivity index (χ3n) is 7.22. The standard InChI is InChI=1S/C28H32ClF2N7/c1-18-16-38(27-24-26(33-28(29)34-27)36(17-32-24)14-13-35(3)4)19(2)15-37(18)25(20-5-9-22(30)10-6-20)21-7-11-23(31)12-8-21/h5-12,17-19,25H,13-16H2,1-4H3/t18-,19+/m1/s1. The summed E-state index contributed by atoms with van der Waals surface area (Å²) >= 11 is 6.41. The van der Waals surface area contributed by atoms with Crippen LogP contribution in [0.15, 0.2) is 54.9 Å². The maximum atomic E-state index is 13.8. The van der Waals surface area contributed by atoms with Crippen molar-refractivity contribution >= 4 is 28.6 Å². The van der Waals surface area contributed by atoms with Gasteiger partial charge in [-0.05, 0) is 74.9 Å². The van der Waals surface area contributed by atoms with Gasteiger partial charge >= 0.3 is 0 Å². The number of imidazole rings is 1. The van der Waals surface area contributed by atoms with Crippen molar-refractivity contribution in [1.82, 2.24) is 29.3 Å². The maximum Gasteiger partial charge on any atom is 0.226 e. The average Bonchev–Trinajstić information content (AvgIpc) is 3.29. The molecule has 0 radical (unpaired) electrons. The monoisotopic (exact) mass is 539 g/mol. The number of anilines is 1. The molecule has 1 fully saturated rings.